The van der Waals surface area contributed by atoms with Gasteiger partial charge in [-0.15, -0.1) is 12.4 Å². The minimum atomic E-state index is -0.0406. The molecule has 0 saturated heterocycles. The Morgan fingerprint density at radius 1 is 1.33 bits per heavy atom. The van der Waals surface area contributed by atoms with Gasteiger partial charge in [0.1, 0.15) is 17.1 Å². The third kappa shape index (κ3) is 2.21. The van der Waals surface area contributed by atoms with Gasteiger partial charge in [0.25, 0.3) is 0 Å². The fraction of sp³-hybridized carbons (Fsp3) is 0.308. The molecule has 0 unspecified atom stereocenters. The van der Waals surface area contributed by atoms with E-state index >= 15 is 0 Å². The molecule has 0 aliphatic rings. The summed E-state index contributed by atoms with van der Waals surface area (Å²) in [7, 11) is 1.78. The monoisotopic (exact) mass is 269 g/mol. The summed E-state index contributed by atoms with van der Waals surface area (Å²) in [6.45, 7) is 3.95. The van der Waals surface area contributed by atoms with Crippen LogP contribution in [0.2, 0.25) is 0 Å². The molecular weight excluding hydrogens is 254 g/mol. The Morgan fingerprint density at radius 3 is 2.61 bits per heavy atom. The molecule has 5 heteroatoms. The van der Waals surface area contributed by atoms with Crippen molar-refractivity contribution in [2.45, 2.75) is 20.4 Å². The summed E-state index contributed by atoms with van der Waals surface area (Å²) in [4.78, 5) is 12.1. The highest BCUT2D eigenvalue weighted by Gasteiger charge is 2.13. The maximum atomic E-state index is 12.1. The van der Waals surface area contributed by atoms with Gasteiger partial charge in [0.2, 0.25) is 0 Å². The highest BCUT2D eigenvalue weighted by molar-refractivity contribution is 5.85. The molecule has 18 heavy (non-hydrogen) atoms. The van der Waals surface area contributed by atoms with Crippen LogP contribution in [0.5, 0.6) is 5.75 Å². The Labute approximate surface area is 111 Å². The van der Waals surface area contributed by atoms with Crippen LogP contribution in [0.15, 0.2) is 21.3 Å². The molecular formula is C13H16ClNO3. The van der Waals surface area contributed by atoms with Gasteiger partial charge in [-0.25, -0.2) is 0 Å². The predicted molar refractivity (Wildman–Crippen MR) is 73.6 cm³/mol. The first-order chi connectivity index (χ1) is 8.06. The van der Waals surface area contributed by atoms with Crippen molar-refractivity contribution >= 4 is 23.4 Å². The van der Waals surface area contributed by atoms with Crippen LogP contribution in [0.1, 0.15) is 16.9 Å². The van der Waals surface area contributed by atoms with Gasteiger partial charge in [0.15, 0.2) is 5.43 Å². The fourth-order valence-corrected chi connectivity index (χ4v) is 1.85. The highest BCUT2D eigenvalue weighted by Crippen LogP contribution is 2.26. The van der Waals surface area contributed by atoms with Crippen LogP contribution < -0.4 is 10.7 Å². The lowest BCUT2D eigenvalue weighted by molar-refractivity contribution is 0.462. The predicted octanol–water partition coefficient (Wildman–Crippen LogP) is 2.26. The molecule has 2 N–H and O–H groups in total. The van der Waals surface area contributed by atoms with E-state index < -0.39 is 0 Å². The zero-order valence-electron chi connectivity index (χ0n) is 10.5. The molecule has 1 aromatic carbocycles. The van der Waals surface area contributed by atoms with E-state index in [0.717, 1.165) is 0 Å². The second-order valence-electron chi connectivity index (χ2n) is 4.08. The summed E-state index contributed by atoms with van der Waals surface area (Å²) in [5.74, 6) is 0.726. The number of nitrogens with one attached hydrogen (secondary N) is 1. The molecule has 0 amide bonds. The number of hydrogen-bond acceptors (Lipinski definition) is 4. The van der Waals surface area contributed by atoms with E-state index in [4.69, 9.17) is 4.42 Å². The lowest BCUT2D eigenvalue weighted by atomic mass is 10.1. The molecule has 2 aromatic rings. The van der Waals surface area contributed by atoms with Crippen molar-refractivity contribution in [3.05, 3.63) is 39.2 Å². The van der Waals surface area contributed by atoms with Crippen molar-refractivity contribution in [2.75, 3.05) is 7.05 Å². The van der Waals surface area contributed by atoms with Crippen LogP contribution in [0.4, 0.5) is 0 Å². The molecule has 0 aliphatic carbocycles. The summed E-state index contributed by atoms with van der Waals surface area (Å²) in [6, 6.07) is 3.13. The Hall–Kier alpha value is -1.52. The quantitative estimate of drug-likeness (QED) is 0.878. The molecule has 0 saturated carbocycles. The maximum Gasteiger partial charge on any atom is 0.195 e. The topological polar surface area (TPSA) is 62.5 Å². The molecule has 0 spiro atoms. The molecule has 98 valence electrons. The van der Waals surface area contributed by atoms with E-state index in [1.54, 1.807) is 27.0 Å². The standard InChI is InChI=1S/C13H15NO3.ClH/c1-7-8(2)17-13-9(12(7)16)4-5-11(15)10(13)6-14-3;/h4-5,14-15H,6H2,1-3H3;1H. The molecule has 1 heterocycles. The lowest BCUT2D eigenvalue weighted by Crippen LogP contribution is -2.11. The van der Waals surface area contributed by atoms with Gasteiger partial charge in [-0.1, -0.05) is 0 Å². The van der Waals surface area contributed by atoms with E-state index in [2.05, 4.69) is 5.32 Å². The van der Waals surface area contributed by atoms with Crippen molar-refractivity contribution in [1.29, 1.82) is 0 Å². The summed E-state index contributed by atoms with van der Waals surface area (Å²) in [5, 5.41) is 13.2. The minimum Gasteiger partial charge on any atom is -0.507 e. The number of phenolic OH excluding ortho intramolecular Hbond substituents is 1. The average molecular weight is 270 g/mol. The smallest absolute Gasteiger partial charge is 0.195 e. The van der Waals surface area contributed by atoms with Crippen molar-refractivity contribution in [2.24, 2.45) is 0 Å². The van der Waals surface area contributed by atoms with Gasteiger partial charge in [-0.3, -0.25) is 4.79 Å². The molecule has 0 atom stereocenters. The van der Waals surface area contributed by atoms with Crippen LogP contribution in [-0.2, 0) is 6.54 Å². The number of aromatic hydroxyl groups is 1. The Bertz CT molecular complexity index is 634. The minimum absolute atomic E-state index is 0. The van der Waals surface area contributed by atoms with Gasteiger partial charge < -0.3 is 14.8 Å². The zero-order chi connectivity index (χ0) is 12.6. The Morgan fingerprint density at radius 2 is 2.00 bits per heavy atom. The molecule has 0 fully saturated rings. The van der Waals surface area contributed by atoms with Gasteiger partial charge in [0, 0.05) is 12.1 Å². The molecule has 0 radical (unpaired) electrons. The third-order valence-electron chi connectivity index (χ3n) is 2.96. The van der Waals surface area contributed by atoms with E-state index in [0.29, 0.717) is 34.4 Å². The van der Waals surface area contributed by atoms with Crippen molar-refractivity contribution in [3.63, 3.8) is 0 Å². The van der Waals surface area contributed by atoms with Crippen molar-refractivity contribution in [3.8, 4) is 5.75 Å². The lowest BCUT2D eigenvalue weighted by Gasteiger charge is -2.09. The summed E-state index contributed by atoms with van der Waals surface area (Å²) < 4.78 is 5.64. The van der Waals surface area contributed by atoms with Crippen LogP contribution in [0.3, 0.4) is 0 Å². The van der Waals surface area contributed by atoms with E-state index in [9.17, 15) is 9.90 Å². The molecule has 1 aromatic heterocycles. The first kappa shape index (κ1) is 14.5. The number of hydrogen-bond donors (Lipinski definition) is 2. The molecule has 0 aliphatic heterocycles. The highest BCUT2D eigenvalue weighted by atomic mass is 35.5. The van der Waals surface area contributed by atoms with E-state index in [-0.39, 0.29) is 23.6 Å². The second-order valence-corrected chi connectivity index (χ2v) is 4.08. The third-order valence-corrected chi connectivity index (χ3v) is 2.96. The van der Waals surface area contributed by atoms with E-state index in [1.807, 2.05) is 0 Å². The summed E-state index contributed by atoms with van der Waals surface area (Å²) in [5.41, 5.74) is 1.65. The second kappa shape index (κ2) is 5.42. The van der Waals surface area contributed by atoms with Crippen LogP contribution in [0.25, 0.3) is 11.0 Å². The Kier molecular flexibility index (Phi) is 4.38. The van der Waals surface area contributed by atoms with Gasteiger partial charge >= 0.3 is 0 Å². The maximum absolute atomic E-state index is 12.1. The number of halogens is 1. The normalized spacial score (nSPS) is 10.4. The van der Waals surface area contributed by atoms with Gasteiger partial charge in [-0.2, -0.15) is 0 Å². The fourth-order valence-electron chi connectivity index (χ4n) is 1.85. The molecule has 0 bridgehead atoms. The van der Waals surface area contributed by atoms with Crippen LogP contribution in [-0.4, -0.2) is 12.2 Å². The molecule has 2 rings (SSSR count). The Balaban J connectivity index is 0.00000162. The number of phenols is 1. The number of benzene rings is 1. The first-order valence-electron chi connectivity index (χ1n) is 5.45. The zero-order valence-corrected chi connectivity index (χ0v) is 11.4. The average Bonchev–Trinajstić information content (AvgIpc) is 2.30. The number of fused-ring (bicyclic) bond motifs is 1. The molecule has 4 nitrogen and oxygen atoms in total. The van der Waals surface area contributed by atoms with Crippen LogP contribution >= 0.6 is 12.4 Å². The van der Waals surface area contributed by atoms with E-state index in [1.165, 1.54) is 6.07 Å². The SMILES string of the molecule is CNCc1c(O)ccc2c(=O)c(C)c(C)oc12.Cl. The largest absolute Gasteiger partial charge is 0.507 e. The van der Waals surface area contributed by atoms with Crippen LogP contribution in [0, 0.1) is 13.8 Å². The number of aryl methyl sites for hydroxylation is 1. The number of rotatable bonds is 2. The van der Waals surface area contributed by atoms with Crippen molar-refractivity contribution < 1.29 is 9.52 Å². The summed E-state index contributed by atoms with van der Waals surface area (Å²) >= 11 is 0. The first-order valence-corrected chi connectivity index (χ1v) is 5.45. The van der Waals surface area contributed by atoms with Gasteiger partial charge in [0.05, 0.1) is 10.9 Å². The van der Waals surface area contributed by atoms with Gasteiger partial charge in [-0.05, 0) is 33.0 Å². The summed E-state index contributed by atoms with van der Waals surface area (Å²) in [6.07, 6.45) is 0. The van der Waals surface area contributed by atoms with Crippen molar-refractivity contribution in [1.82, 2.24) is 5.32 Å².